The highest BCUT2D eigenvalue weighted by Gasteiger charge is 2.63. The molecule has 4 saturated carbocycles. The molecule has 4 fully saturated rings. The Hall–Kier alpha value is -2.00. The molecule has 5 aliphatic rings. The largest absolute Gasteiger partial charge is 0.497 e. The number of ether oxygens (including phenoxy) is 2. The molecule has 1 aromatic rings. The average molecular weight is 550 g/mol. The molecule has 0 bridgehead atoms. The highest BCUT2D eigenvalue weighted by Crippen LogP contribution is 2.68. The Kier molecular flexibility index (Phi) is 6.85. The second kappa shape index (κ2) is 9.82. The zero-order chi connectivity index (χ0) is 27.6. The summed E-state index contributed by atoms with van der Waals surface area (Å²) in [6.45, 7) is 3.17. The van der Waals surface area contributed by atoms with Crippen LogP contribution in [-0.2, 0) is 9.53 Å². The van der Waals surface area contributed by atoms with Crippen molar-refractivity contribution in [2.24, 2.45) is 46.3 Å². The number of fused-ring (bicyclic) bond motifs is 6. The molecule has 9 heteroatoms. The van der Waals surface area contributed by atoms with Crippen molar-refractivity contribution in [3.05, 3.63) is 18.2 Å². The fraction of sp³-hybridized carbons (Fsp3) is 0.767. The molecule has 1 aliphatic heterocycles. The number of hydrazine groups is 2. The van der Waals surface area contributed by atoms with Crippen molar-refractivity contribution in [2.45, 2.75) is 70.9 Å². The first kappa shape index (κ1) is 27.2. The first-order chi connectivity index (χ1) is 18.6. The normalized spacial score (nSPS) is 39.3. The SMILES string of the molecule is COC[C@]12CC[C@H](C(F)(F)F)C[C@H]1CC[C@H]1[C@@H]3CC[C@H](C(=O)CN4NNc5ccc(OC)cc54)[C@@]3(C)CC[C@@H]12. The van der Waals surface area contributed by atoms with E-state index in [1.807, 2.05) is 23.2 Å². The van der Waals surface area contributed by atoms with Gasteiger partial charge in [0, 0.05) is 19.1 Å². The first-order valence-electron chi connectivity index (χ1n) is 14.7. The highest BCUT2D eigenvalue weighted by atomic mass is 19.4. The summed E-state index contributed by atoms with van der Waals surface area (Å²) < 4.78 is 52.2. The molecule has 2 N–H and O–H groups in total. The second-order valence-electron chi connectivity index (χ2n) is 13.2. The van der Waals surface area contributed by atoms with E-state index in [9.17, 15) is 18.0 Å². The van der Waals surface area contributed by atoms with Crippen molar-refractivity contribution < 1.29 is 27.4 Å². The van der Waals surface area contributed by atoms with Gasteiger partial charge in [-0.15, -0.1) is 5.53 Å². The summed E-state index contributed by atoms with van der Waals surface area (Å²) in [7, 11) is 3.34. The Bertz CT molecular complexity index is 1100. The number of hydrogen-bond acceptors (Lipinski definition) is 6. The van der Waals surface area contributed by atoms with Crippen LogP contribution in [0, 0.1) is 46.3 Å². The smallest absolute Gasteiger partial charge is 0.391 e. The van der Waals surface area contributed by atoms with Crippen LogP contribution in [0.4, 0.5) is 24.5 Å². The van der Waals surface area contributed by atoms with Crippen molar-refractivity contribution in [3.63, 3.8) is 0 Å². The maximum Gasteiger partial charge on any atom is 0.391 e. The number of benzene rings is 1. The zero-order valence-corrected chi connectivity index (χ0v) is 23.3. The van der Waals surface area contributed by atoms with Gasteiger partial charge >= 0.3 is 6.18 Å². The monoisotopic (exact) mass is 549 g/mol. The van der Waals surface area contributed by atoms with Crippen LogP contribution < -0.4 is 20.7 Å². The van der Waals surface area contributed by atoms with E-state index in [1.54, 1.807) is 14.2 Å². The number of ketones is 1. The van der Waals surface area contributed by atoms with Gasteiger partial charge < -0.3 is 14.9 Å². The van der Waals surface area contributed by atoms with Crippen molar-refractivity contribution in [1.29, 1.82) is 0 Å². The Labute approximate surface area is 229 Å². The summed E-state index contributed by atoms with van der Waals surface area (Å²) in [5.74, 6) is 1.20. The summed E-state index contributed by atoms with van der Waals surface area (Å²) in [4.78, 5) is 13.8. The van der Waals surface area contributed by atoms with Gasteiger partial charge in [-0.2, -0.15) is 13.2 Å². The third kappa shape index (κ3) is 4.33. The number of carbonyl (C=O) groups is 1. The van der Waals surface area contributed by atoms with Gasteiger partial charge in [-0.25, -0.2) is 0 Å². The molecular weight excluding hydrogens is 507 g/mol. The van der Waals surface area contributed by atoms with Crippen molar-refractivity contribution in [2.75, 3.05) is 37.8 Å². The van der Waals surface area contributed by atoms with Crippen LogP contribution in [0.25, 0.3) is 0 Å². The lowest BCUT2D eigenvalue weighted by atomic mass is 9.43. The molecule has 6 nitrogen and oxygen atoms in total. The van der Waals surface area contributed by atoms with Gasteiger partial charge in [0.05, 0.1) is 37.6 Å². The van der Waals surface area contributed by atoms with Gasteiger partial charge in [-0.1, -0.05) is 6.92 Å². The van der Waals surface area contributed by atoms with Crippen LogP contribution >= 0.6 is 0 Å². The Morgan fingerprint density at radius 2 is 1.90 bits per heavy atom. The molecule has 216 valence electrons. The van der Waals surface area contributed by atoms with Gasteiger partial charge in [0.2, 0.25) is 0 Å². The number of nitrogens with zero attached hydrogens (tertiary/aromatic N) is 1. The quantitative estimate of drug-likeness (QED) is 0.430. The number of anilines is 2. The summed E-state index contributed by atoms with van der Waals surface area (Å²) in [6.07, 6.45) is 2.69. The number of carbonyl (C=O) groups excluding carboxylic acids is 1. The summed E-state index contributed by atoms with van der Waals surface area (Å²) in [6, 6.07) is 5.76. The number of rotatable bonds is 6. The first-order valence-corrected chi connectivity index (χ1v) is 14.7. The number of methoxy groups -OCH3 is 2. The third-order valence-electron chi connectivity index (χ3n) is 11.8. The summed E-state index contributed by atoms with van der Waals surface area (Å²) in [5.41, 5.74) is 7.88. The minimum absolute atomic E-state index is 0.00280. The highest BCUT2D eigenvalue weighted by molar-refractivity contribution is 5.89. The third-order valence-corrected chi connectivity index (χ3v) is 11.8. The van der Waals surface area contributed by atoms with E-state index in [0.717, 1.165) is 55.6 Å². The Morgan fingerprint density at radius 3 is 2.64 bits per heavy atom. The van der Waals surface area contributed by atoms with Crippen molar-refractivity contribution in [1.82, 2.24) is 5.53 Å². The van der Waals surface area contributed by atoms with Gasteiger partial charge in [-0.3, -0.25) is 9.80 Å². The van der Waals surface area contributed by atoms with E-state index < -0.39 is 12.1 Å². The number of alkyl halides is 3. The molecule has 8 atom stereocenters. The molecule has 0 aromatic heterocycles. The Balaban J connectivity index is 1.19. The summed E-state index contributed by atoms with van der Waals surface area (Å²) in [5, 5.41) is 1.88. The summed E-state index contributed by atoms with van der Waals surface area (Å²) >= 11 is 0. The van der Waals surface area contributed by atoms with E-state index in [0.29, 0.717) is 30.8 Å². The lowest BCUT2D eigenvalue weighted by molar-refractivity contribution is -0.217. The predicted molar refractivity (Wildman–Crippen MR) is 143 cm³/mol. The molecule has 1 heterocycles. The van der Waals surface area contributed by atoms with Crippen LogP contribution in [0.15, 0.2) is 18.2 Å². The number of hydrogen-bond donors (Lipinski definition) is 2. The predicted octanol–water partition coefficient (Wildman–Crippen LogP) is 6.38. The van der Waals surface area contributed by atoms with Crippen molar-refractivity contribution in [3.8, 4) is 5.75 Å². The molecule has 39 heavy (non-hydrogen) atoms. The fourth-order valence-electron chi connectivity index (χ4n) is 9.97. The van der Waals surface area contributed by atoms with E-state index >= 15 is 0 Å². The van der Waals surface area contributed by atoms with Gasteiger partial charge in [0.25, 0.3) is 0 Å². The number of Topliss-reactive ketones (excluding diaryl/α,β-unsaturated/α-hetero) is 1. The van der Waals surface area contributed by atoms with Gasteiger partial charge in [0.1, 0.15) is 5.75 Å². The van der Waals surface area contributed by atoms with Gasteiger partial charge in [0.15, 0.2) is 5.78 Å². The number of halogens is 3. The van der Waals surface area contributed by atoms with Crippen LogP contribution in [0.5, 0.6) is 5.75 Å². The maximum atomic E-state index is 13.8. The van der Waals surface area contributed by atoms with E-state index in [-0.39, 0.29) is 47.8 Å². The second-order valence-corrected chi connectivity index (χ2v) is 13.2. The molecule has 0 amide bonds. The lowest BCUT2D eigenvalue weighted by Gasteiger charge is -2.62. The molecule has 1 aromatic carbocycles. The molecule has 0 saturated heterocycles. The molecule has 4 aliphatic carbocycles. The molecule has 0 unspecified atom stereocenters. The standard InChI is InChI=1S/C30H42F3N3O3/c1-28-12-11-23-21(6-4-18-14-19(30(31,32)33)10-13-29(18,23)17-38-2)22(28)7-8-24(28)27(37)16-36-26-15-20(39-3)5-9-25(26)34-35-36/h5,9,15,18-19,21-24,34-35H,4,6-8,10-14,16-17H2,1-3H3/t18-,19+,21+,22+,23+,24-,28+,29-/m1/s1. The fourth-order valence-corrected chi connectivity index (χ4v) is 9.97. The van der Waals surface area contributed by atoms with Gasteiger partial charge in [-0.05, 0) is 104 Å². The average Bonchev–Trinajstić information content (AvgIpc) is 3.47. The molecule has 0 spiro atoms. The zero-order valence-electron chi connectivity index (χ0n) is 23.3. The lowest BCUT2D eigenvalue weighted by Crippen LogP contribution is -2.57. The van der Waals surface area contributed by atoms with Crippen LogP contribution in [-0.4, -0.2) is 39.3 Å². The van der Waals surface area contributed by atoms with E-state index in [4.69, 9.17) is 9.47 Å². The van der Waals surface area contributed by atoms with Crippen LogP contribution in [0.2, 0.25) is 0 Å². The molecular formula is C30H42F3N3O3. The van der Waals surface area contributed by atoms with Crippen LogP contribution in [0.3, 0.4) is 0 Å². The molecule has 6 rings (SSSR count). The van der Waals surface area contributed by atoms with E-state index in [1.165, 1.54) is 0 Å². The Morgan fingerprint density at radius 1 is 1.08 bits per heavy atom. The number of nitrogens with one attached hydrogen (secondary N) is 2. The molecule has 0 radical (unpaired) electrons. The topological polar surface area (TPSA) is 62.8 Å². The van der Waals surface area contributed by atoms with Crippen LogP contribution in [0.1, 0.15) is 64.7 Å². The maximum absolute atomic E-state index is 13.8. The minimum atomic E-state index is -4.11. The minimum Gasteiger partial charge on any atom is -0.497 e. The van der Waals surface area contributed by atoms with Crippen molar-refractivity contribution >= 4 is 17.2 Å². The van der Waals surface area contributed by atoms with E-state index in [2.05, 4.69) is 17.9 Å².